The van der Waals surface area contributed by atoms with Crippen LogP contribution in [0.25, 0.3) is 10.1 Å². The Kier molecular flexibility index (Phi) is 5.08. The Morgan fingerprint density at radius 2 is 2.04 bits per heavy atom. The summed E-state index contributed by atoms with van der Waals surface area (Å²) in [4.78, 5) is 16.6. The van der Waals surface area contributed by atoms with Crippen LogP contribution in [0.5, 0.6) is 11.5 Å². The number of aromatic nitrogens is 1. The Hall–Kier alpha value is -2.44. The molecule has 0 atom stereocenters. The van der Waals surface area contributed by atoms with Gasteiger partial charge in [0.1, 0.15) is 5.75 Å². The summed E-state index contributed by atoms with van der Waals surface area (Å²) >= 11 is 1.40. The zero-order valence-corrected chi connectivity index (χ0v) is 14.4. The van der Waals surface area contributed by atoms with Gasteiger partial charge in [0.25, 0.3) is 5.91 Å². The maximum Gasteiger partial charge on any atom is 0.261 e. The molecule has 0 radical (unpaired) electrons. The third-order valence-electron chi connectivity index (χ3n) is 3.61. The standard InChI is InChI=1S/C18H18N2O3S/c1-19-18(21)16-9-14-15(10-20-11-17(14)24-16)23-13-5-3-12(4-6-13)7-8-22-2/h3-6,9-11H,7-8H2,1-2H3,(H,19,21). The predicted molar refractivity (Wildman–Crippen MR) is 95.1 cm³/mol. The molecule has 0 aliphatic carbocycles. The number of benzene rings is 1. The SMILES string of the molecule is CNC(=O)c1cc2c(Oc3ccc(CCOC)cc3)cncc2s1. The Balaban J connectivity index is 1.84. The van der Waals surface area contributed by atoms with Gasteiger partial charge in [-0.3, -0.25) is 9.78 Å². The number of ether oxygens (including phenoxy) is 2. The second-order valence-corrected chi connectivity index (χ2v) is 6.31. The van der Waals surface area contributed by atoms with Crippen molar-refractivity contribution in [2.45, 2.75) is 6.42 Å². The summed E-state index contributed by atoms with van der Waals surface area (Å²) in [5, 5.41) is 3.52. The molecule has 0 spiro atoms. The summed E-state index contributed by atoms with van der Waals surface area (Å²) in [6.07, 6.45) is 4.28. The number of fused-ring (bicyclic) bond motifs is 1. The molecule has 6 heteroatoms. The Labute approximate surface area is 144 Å². The van der Waals surface area contributed by atoms with Crippen LogP contribution < -0.4 is 10.1 Å². The maximum absolute atomic E-state index is 11.8. The first-order valence-electron chi connectivity index (χ1n) is 7.56. The smallest absolute Gasteiger partial charge is 0.261 e. The molecular weight excluding hydrogens is 324 g/mol. The normalized spacial score (nSPS) is 10.8. The fraction of sp³-hybridized carbons (Fsp3) is 0.222. The van der Waals surface area contributed by atoms with E-state index in [4.69, 9.17) is 9.47 Å². The van der Waals surface area contributed by atoms with E-state index in [0.29, 0.717) is 17.2 Å². The number of nitrogens with zero attached hydrogens (tertiary/aromatic N) is 1. The fourth-order valence-electron chi connectivity index (χ4n) is 2.32. The number of thiophene rings is 1. The average Bonchev–Trinajstić information content (AvgIpc) is 3.06. The van der Waals surface area contributed by atoms with Crippen LogP contribution in [0.3, 0.4) is 0 Å². The van der Waals surface area contributed by atoms with E-state index in [1.54, 1.807) is 26.6 Å². The topological polar surface area (TPSA) is 60.5 Å². The Morgan fingerprint density at radius 1 is 1.25 bits per heavy atom. The van der Waals surface area contributed by atoms with E-state index >= 15 is 0 Å². The van der Waals surface area contributed by atoms with Crippen molar-refractivity contribution in [3.63, 3.8) is 0 Å². The number of nitrogens with one attached hydrogen (secondary N) is 1. The Bertz CT molecular complexity index is 843. The van der Waals surface area contributed by atoms with Crippen LogP contribution in [0, 0.1) is 0 Å². The molecule has 1 aromatic carbocycles. The first-order chi connectivity index (χ1) is 11.7. The van der Waals surface area contributed by atoms with E-state index in [9.17, 15) is 4.79 Å². The van der Waals surface area contributed by atoms with E-state index in [-0.39, 0.29) is 5.91 Å². The second kappa shape index (κ2) is 7.42. The zero-order valence-electron chi connectivity index (χ0n) is 13.5. The van der Waals surface area contributed by atoms with E-state index < -0.39 is 0 Å². The van der Waals surface area contributed by atoms with Gasteiger partial charge in [0, 0.05) is 25.7 Å². The number of methoxy groups -OCH3 is 1. The molecule has 0 aliphatic heterocycles. The van der Waals surface area contributed by atoms with Crippen molar-refractivity contribution in [1.29, 1.82) is 0 Å². The van der Waals surface area contributed by atoms with Gasteiger partial charge in [-0.2, -0.15) is 0 Å². The maximum atomic E-state index is 11.8. The van der Waals surface area contributed by atoms with Crippen molar-refractivity contribution >= 4 is 27.3 Å². The lowest BCUT2D eigenvalue weighted by atomic mass is 10.1. The summed E-state index contributed by atoms with van der Waals surface area (Å²) in [5.41, 5.74) is 1.19. The van der Waals surface area contributed by atoms with Gasteiger partial charge in [-0.25, -0.2) is 0 Å². The lowest BCUT2D eigenvalue weighted by Crippen LogP contribution is -2.15. The monoisotopic (exact) mass is 342 g/mol. The van der Waals surface area contributed by atoms with Crippen LogP contribution in [0.15, 0.2) is 42.7 Å². The van der Waals surface area contributed by atoms with Gasteiger partial charge in [-0.15, -0.1) is 11.3 Å². The predicted octanol–water partition coefficient (Wildman–Crippen LogP) is 3.64. The van der Waals surface area contributed by atoms with Crippen LogP contribution in [0.1, 0.15) is 15.2 Å². The average molecular weight is 342 g/mol. The largest absolute Gasteiger partial charge is 0.455 e. The van der Waals surface area contributed by atoms with Crippen LogP contribution in [-0.2, 0) is 11.2 Å². The number of hydrogen-bond acceptors (Lipinski definition) is 5. The van der Waals surface area contributed by atoms with Gasteiger partial charge in [0.15, 0.2) is 5.75 Å². The lowest BCUT2D eigenvalue weighted by Gasteiger charge is -2.07. The number of rotatable bonds is 6. The highest BCUT2D eigenvalue weighted by Crippen LogP contribution is 2.34. The molecule has 2 heterocycles. The van der Waals surface area contributed by atoms with Crippen molar-refractivity contribution in [3.05, 3.63) is 53.2 Å². The molecule has 1 N–H and O–H groups in total. The summed E-state index contributed by atoms with van der Waals surface area (Å²) in [6, 6.07) is 9.73. The number of carbonyl (C=O) groups excluding carboxylic acids is 1. The summed E-state index contributed by atoms with van der Waals surface area (Å²) < 4.78 is 12.0. The van der Waals surface area contributed by atoms with Crippen LogP contribution >= 0.6 is 11.3 Å². The van der Waals surface area contributed by atoms with E-state index in [1.165, 1.54) is 16.9 Å². The van der Waals surface area contributed by atoms with Crippen molar-refractivity contribution < 1.29 is 14.3 Å². The van der Waals surface area contributed by atoms with Crippen molar-refractivity contribution in [1.82, 2.24) is 10.3 Å². The molecule has 1 amide bonds. The second-order valence-electron chi connectivity index (χ2n) is 5.23. The molecule has 3 rings (SSSR count). The van der Waals surface area contributed by atoms with E-state index in [1.807, 2.05) is 30.3 Å². The molecule has 0 bridgehead atoms. The molecular formula is C18H18N2O3S. The third kappa shape index (κ3) is 3.55. The highest BCUT2D eigenvalue weighted by Gasteiger charge is 2.12. The highest BCUT2D eigenvalue weighted by atomic mass is 32.1. The molecule has 0 unspecified atom stereocenters. The Morgan fingerprint density at radius 3 is 2.75 bits per heavy atom. The molecule has 124 valence electrons. The van der Waals surface area contributed by atoms with Crippen LogP contribution in [0.2, 0.25) is 0 Å². The molecule has 3 aromatic rings. The summed E-state index contributed by atoms with van der Waals surface area (Å²) in [5.74, 6) is 1.27. The number of pyridine rings is 1. The minimum Gasteiger partial charge on any atom is -0.455 e. The molecule has 5 nitrogen and oxygen atoms in total. The first-order valence-corrected chi connectivity index (χ1v) is 8.38. The number of carbonyl (C=O) groups is 1. The highest BCUT2D eigenvalue weighted by molar-refractivity contribution is 7.20. The van der Waals surface area contributed by atoms with E-state index in [0.717, 1.165) is 22.3 Å². The van der Waals surface area contributed by atoms with Crippen molar-refractivity contribution in [3.8, 4) is 11.5 Å². The molecule has 2 aromatic heterocycles. The molecule has 0 saturated carbocycles. The van der Waals surface area contributed by atoms with Gasteiger partial charge >= 0.3 is 0 Å². The third-order valence-corrected chi connectivity index (χ3v) is 4.68. The minimum atomic E-state index is -0.107. The van der Waals surface area contributed by atoms with Crippen LogP contribution in [0.4, 0.5) is 0 Å². The van der Waals surface area contributed by atoms with Crippen molar-refractivity contribution in [2.75, 3.05) is 20.8 Å². The zero-order chi connectivity index (χ0) is 16.9. The number of hydrogen-bond donors (Lipinski definition) is 1. The van der Waals surface area contributed by atoms with Gasteiger partial charge in [-0.05, 0) is 30.2 Å². The van der Waals surface area contributed by atoms with Gasteiger partial charge in [-0.1, -0.05) is 12.1 Å². The molecule has 0 fully saturated rings. The van der Waals surface area contributed by atoms with Crippen molar-refractivity contribution in [2.24, 2.45) is 0 Å². The fourth-order valence-corrected chi connectivity index (χ4v) is 3.31. The molecule has 0 saturated heterocycles. The number of amides is 1. The minimum absolute atomic E-state index is 0.107. The first kappa shape index (κ1) is 16.4. The van der Waals surface area contributed by atoms with E-state index in [2.05, 4.69) is 10.3 Å². The van der Waals surface area contributed by atoms with Crippen LogP contribution in [-0.4, -0.2) is 31.7 Å². The van der Waals surface area contributed by atoms with Gasteiger partial charge < -0.3 is 14.8 Å². The summed E-state index contributed by atoms with van der Waals surface area (Å²) in [6.45, 7) is 0.695. The lowest BCUT2D eigenvalue weighted by molar-refractivity contribution is 0.0967. The molecule has 0 aliphatic rings. The van der Waals surface area contributed by atoms with Gasteiger partial charge in [0.2, 0.25) is 0 Å². The molecule has 24 heavy (non-hydrogen) atoms. The van der Waals surface area contributed by atoms with Gasteiger partial charge in [0.05, 0.1) is 22.4 Å². The quantitative estimate of drug-likeness (QED) is 0.743. The summed E-state index contributed by atoms with van der Waals surface area (Å²) in [7, 11) is 3.31.